The number of aliphatic hydroxyl groups excluding tert-OH is 1. The number of nitrogens with one attached hydrogen (secondary N) is 1. The van der Waals surface area contributed by atoms with Gasteiger partial charge in [-0.15, -0.1) is 0 Å². The highest BCUT2D eigenvalue weighted by molar-refractivity contribution is 5.90. The molecule has 1 aromatic carbocycles. The van der Waals surface area contributed by atoms with Gasteiger partial charge in [0.1, 0.15) is 0 Å². The van der Waals surface area contributed by atoms with Crippen LogP contribution in [0.15, 0.2) is 12.1 Å². The minimum absolute atomic E-state index is 0.0835. The van der Waals surface area contributed by atoms with E-state index in [4.69, 9.17) is 4.74 Å². The number of methoxy groups -OCH3 is 2. The van der Waals surface area contributed by atoms with Crippen molar-refractivity contribution in [3.63, 3.8) is 0 Å². The summed E-state index contributed by atoms with van der Waals surface area (Å²) in [6.07, 6.45) is -0.372. The molecule has 2 N–H and O–H groups in total. The van der Waals surface area contributed by atoms with Crippen molar-refractivity contribution in [2.75, 3.05) is 32.7 Å². The molecule has 0 radical (unpaired) electrons. The second kappa shape index (κ2) is 7.76. The zero-order valence-electron chi connectivity index (χ0n) is 11.3. The number of carbonyl (C=O) groups excluding carboxylic acids is 1. The fourth-order valence-electron chi connectivity index (χ4n) is 1.60. The maximum absolute atomic E-state index is 13.7. The van der Waals surface area contributed by atoms with Gasteiger partial charge in [0.05, 0.1) is 31.1 Å². The summed E-state index contributed by atoms with van der Waals surface area (Å²) in [5, 5.41) is 12.1. The average Bonchev–Trinajstić information content (AvgIpc) is 2.43. The zero-order valence-corrected chi connectivity index (χ0v) is 11.3. The van der Waals surface area contributed by atoms with Crippen molar-refractivity contribution in [3.05, 3.63) is 29.3 Å². The van der Waals surface area contributed by atoms with Gasteiger partial charge in [-0.3, -0.25) is 0 Å². The van der Waals surface area contributed by atoms with Crippen LogP contribution in [0.2, 0.25) is 0 Å². The first-order chi connectivity index (χ1) is 9.51. The molecule has 112 valence electrons. The summed E-state index contributed by atoms with van der Waals surface area (Å²) in [5.74, 6) is -3.36. The van der Waals surface area contributed by atoms with Crippen molar-refractivity contribution in [1.29, 1.82) is 0 Å². The Morgan fingerprint density at radius 3 is 2.65 bits per heavy atom. The number of aliphatic hydroxyl groups is 1. The SMILES string of the molecule is COCC(O)CCNc1ccc(C(=O)OC)c(F)c1F. The van der Waals surface area contributed by atoms with Gasteiger partial charge in [-0.2, -0.15) is 0 Å². The molecule has 0 bridgehead atoms. The van der Waals surface area contributed by atoms with E-state index >= 15 is 0 Å². The summed E-state index contributed by atoms with van der Waals surface area (Å²) in [4.78, 5) is 11.2. The van der Waals surface area contributed by atoms with E-state index in [9.17, 15) is 18.7 Å². The van der Waals surface area contributed by atoms with E-state index in [2.05, 4.69) is 10.1 Å². The van der Waals surface area contributed by atoms with Crippen molar-refractivity contribution >= 4 is 11.7 Å². The zero-order chi connectivity index (χ0) is 15.1. The standard InChI is InChI=1S/C13H17F2NO4/c1-19-7-8(17)5-6-16-10-4-3-9(13(18)20-2)11(14)12(10)15/h3-4,8,16-17H,5-7H2,1-2H3. The first kappa shape index (κ1) is 16.3. The molecule has 0 aliphatic carbocycles. The Hall–Kier alpha value is -1.73. The Bertz CT molecular complexity index is 468. The van der Waals surface area contributed by atoms with Crippen molar-refractivity contribution in [2.24, 2.45) is 0 Å². The van der Waals surface area contributed by atoms with Crippen LogP contribution in [0.5, 0.6) is 0 Å². The van der Waals surface area contributed by atoms with Crippen LogP contribution in [0.4, 0.5) is 14.5 Å². The molecule has 0 fully saturated rings. The van der Waals surface area contributed by atoms with Crippen LogP contribution in [-0.2, 0) is 9.47 Å². The van der Waals surface area contributed by atoms with E-state index in [0.717, 1.165) is 13.2 Å². The second-order valence-electron chi connectivity index (χ2n) is 4.10. The third-order valence-electron chi connectivity index (χ3n) is 2.64. The van der Waals surface area contributed by atoms with Gasteiger partial charge in [0, 0.05) is 13.7 Å². The number of hydrogen-bond acceptors (Lipinski definition) is 5. The molecule has 7 heteroatoms. The number of rotatable bonds is 7. The Morgan fingerprint density at radius 2 is 2.05 bits per heavy atom. The highest BCUT2D eigenvalue weighted by Gasteiger charge is 2.19. The van der Waals surface area contributed by atoms with E-state index in [1.807, 2.05) is 0 Å². The predicted molar refractivity (Wildman–Crippen MR) is 68.7 cm³/mol. The quantitative estimate of drug-likeness (QED) is 0.746. The number of esters is 1. The summed E-state index contributed by atoms with van der Waals surface area (Å²) in [6.45, 7) is 0.401. The van der Waals surface area contributed by atoms with Gasteiger partial charge in [0.25, 0.3) is 0 Å². The summed E-state index contributed by atoms with van der Waals surface area (Å²) in [6, 6.07) is 2.38. The largest absolute Gasteiger partial charge is 0.465 e. The normalized spacial score (nSPS) is 12.1. The monoisotopic (exact) mass is 289 g/mol. The van der Waals surface area contributed by atoms with Crippen LogP contribution in [0.25, 0.3) is 0 Å². The molecule has 0 saturated heterocycles. The number of carbonyl (C=O) groups is 1. The van der Waals surface area contributed by atoms with E-state index in [1.165, 1.54) is 13.2 Å². The summed E-state index contributed by atoms with van der Waals surface area (Å²) in [7, 11) is 2.54. The number of benzene rings is 1. The lowest BCUT2D eigenvalue weighted by molar-refractivity contribution is 0.0594. The highest BCUT2D eigenvalue weighted by atomic mass is 19.2. The highest BCUT2D eigenvalue weighted by Crippen LogP contribution is 2.21. The Balaban J connectivity index is 2.69. The minimum atomic E-state index is -1.26. The van der Waals surface area contributed by atoms with Gasteiger partial charge in [-0.25, -0.2) is 13.6 Å². The van der Waals surface area contributed by atoms with Crippen LogP contribution in [0, 0.1) is 11.6 Å². The van der Waals surface area contributed by atoms with Crippen molar-refractivity contribution in [3.8, 4) is 0 Å². The molecule has 0 saturated carbocycles. The number of halogens is 2. The third-order valence-corrected chi connectivity index (χ3v) is 2.64. The van der Waals surface area contributed by atoms with Gasteiger partial charge in [-0.1, -0.05) is 0 Å². The summed E-state index contributed by atoms with van der Waals surface area (Å²) < 4.78 is 36.4. The molecule has 1 unspecified atom stereocenters. The van der Waals surface area contributed by atoms with Crippen LogP contribution in [-0.4, -0.2) is 44.6 Å². The molecule has 0 spiro atoms. The molecule has 0 aliphatic heterocycles. The van der Waals surface area contributed by atoms with Gasteiger partial charge in [-0.05, 0) is 18.6 Å². The molecular formula is C13H17F2NO4. The van der Waals surface area contributed by atoms with Crippen molar-refractivity contribution in [1.82, 2.24) is 0 Å². The van der Waals surface area contributed by atoms with E-state index in [1.54, 1.807) is 0 Å². The molecule has 0 heterocycles. The Kier molecular flexibility index (Phi) is 6.33. The van der Waals surface area contributed by atoms with Gasteiger partial charge >= 0.3 is 5.97 Å². The maximum atomic E-state index is 13.7. The molecular weight excluding hydrogens is 272 g/mol. The molecule has 1 aromatic rings. The fourth-order valence-corrected chi connectivity index (χ4v) is 1.60. The molecule has 0 aromatic heterocycles. The van der Waals surface area contributed by atoms with Crippen LogP contribution in [0.1, 0.15) is 16.8 Å². The smallest absolute Gasteiger partial charge is 0.340 e. The Labute approximate surface area is 115 Å². The molecule has 0 aliphatic rings. The topological polar surface area (TPSA) is 67.8 Å². The molecule has 1 rings (SSSR count). The van der Waals surface area contributed by atoms with Gasteiger partial charge < -0.3 is 19.9 Å². The molecule has 20 heavy (non-hydrogen) atoms. The average molecular weight is 289 g/mol. The molecule has 5 nitrogen and oxygen atoms in total. The summed E-state index contributed by atoms with van der Waals surface area (Å²) in [5.41, 5.74) is -0.547. The number of ether oxygens (including phenoxy) is 2. The van der Waals surface area contributed by atoms with Crippen molar-refractivity contribution in [2.45, 2.75) is 12.5 Å². The number of hydrogen-bond donors (Lipinski definition) is 2. The van der Waals surface area contributed by atoms with E-state index in [0.29, 0.717) is 6.42 Å². The molecule has 0 amide bonds. The summed E-state index contributed by atoms with van der Waals surface area (Å²) >= 11 is 0. The van der Waals surface area contributed by atoms with E-state index < -0.39 is 29.3 Å². The van der Waals surface area contributed by atoms with Crippen molar-refractivity contribution < 1.29 is 28.2 Å². The van der Waals surface area contributed by atoms with E-state index in [-0.39, 0.29) is 18.8 Å². The maximum Gasteiger partial charge on any atom is 0.340 e. The number of anilines is 1. The minimum Gasteiger partial charge on any atom is -0.465 e. The Morgan fingerprint density at radius 1 is 1.35 bits per heavy atom. The predicted octanol–water partition coefficient (Wildman–Crippen LogP) is 1.56. The van der Waals surface area contributed by atoms with Crippen LogP contribution < -0.4 is 5.32 Å². The molecule has 1 atom stereocenters. The first-order valence-electron chi connectivity index (χ1n) is 5.98. The van der Waals surface area contributed by atoms with Gasteiger partial charge in [0.15, 0.2) is 11.6 Å². The third kappa shape index (κ3) is 4.14. The van der Waals surface area contributed by atoms with Crippen LogP contribution in [0.3, 0.4) is 0 Å². The first-order valence-corrected chi connectivity index (χ1v) is 5.98. The lowest BCUT2D eigenvalue weighted by atomic mass is 10.1. The second-order valence-corrected chi connectivity index (χ2v) is 4.10. The lowest BCUT2D eigenvalue weighted by Crippen LogP contribution is -2.19. The van der Waals surface area contributed by atoms with Gasteiger partial charge in [0.2, 0.25) is 0 Å². The fraction of sp³-hybridized carbons (Fsp3) is 0.462. The lowest BCUT2D eigenvalue weighted by Gasteiger charge is -2.12. The van der Waals surface area contributed by atoms with Crippen LogP contribution >= 0.6 is 0 Å².